The van der Waals surface area contributed by atoms with Gasteiger partial charge in [0, 0.05) is 31.7 Å². The van der Waals surface area contributed by atoms with Gasteiger partial charge in [-0.3, -0.25) is 0 Å². The highest BCUT2D eigenvalue weighted by atomic mass is 16.5. The van der Waals surface area contributed by atoms with Crippen LogP contribution in [0.15, 0.2) is 0 Å². The summed E-state index contributed by atoms with van der Waals surface area (Å²) in [6.07, 6.45) is 2.03. The van der Waals surface area contributed by atoms with E-state index < -0.39 is 0 Å². The van der Waals surface area contributed by atoms with Crippen LogP contribution in [0, 0.1) is 11.8 Å². The van der Waals surface area contributed by atoms with Gasteiger partial charge in [-0.25, -0.2) is 0 Å². The van der Waals surface area contributed by atoms with Crippen molar-refractivity contribution in [3.8, 4) is 0 Å². The number of nitrogens with zero attached hydrogens (tertiary/aromatic N) is 4. The van der Waals surface area contributed by atoms with Crippen molar-refractivity contribution in [1.82, 2.24) is 15.0 Å². The van der Waals surface area contributed by atoms with Gasteiger partial charge >= 0.3 is 0 Å². The number of nitrogens with one attached hydrogen (secondary N) is 2. The normalized spacial score (nSPS) is 27.3. The quantitative estimate of drug-likeness (QED) is 0.656. The molecule has 2 saturated heterocycles. The first-order chi connectivity index (χ1) is 14.4. The first kappa shape index (κ1) is 21.5. The van der Waals surface area contributed by atoms with Crippen LogP contribution in [0.5, 0.6) is 0 Å². The fourth-order valence-electron chi connectivity index (χ4n) is 4.13. The second kappa shape index (κ2) is 9.20. The third kappa shape index (κ3) is 5.31. The van der Waals surface area contributed by atoms with Crippen molar-refractivity contribution in [2.75, 3.05) is 61.7 Å². The molecule has 9 heteroatoms. The third-order valence-corrected chi connectivity index (χ3v) is 6.10. The molecule has 1 aromatic rings. The fourth-order valence-corrected chi connectivity index (χ4v) is 4.13. The van der Waals surface area contributed by atoms with E-state index in [0.717, 1.165) is 39.1 Å². The fraction of sp³-hybridized carbons (Fsp3) is 0.857. The molecule has 2 N–H and O–H groups in total. The molecule has 1 aromatic heterocycles. The van der Waals surface area contributed by atoms with Gasteiger partial charge < -0.3 is 29.7 Å². The van der Waals surface area contributed by atoms with E-state index in [4.69, 9.17) is 29.2 Å². The Kier molecular flexibility index (Phi) is 6.60. The molecule has 3 fully saturated rings. The number of fused-ring (bicyclic) bond motifs is 1. The van der Waals surface area contributed by atoms with E-state index in [-0.39, 0.29) is 11.6 Å². The van der Waals surface area contributed by atoms with Crippen LogP contribution in [0.4, 0.5) is 17.8 Å². The lowest BCUT2D eigenvalue weighted by molar-refractivity contribution is -0.00800. The minimum Gasteiger partial charge on any atom is -0.381 e. The molecule has 0 spiro atoms. The average molecular weight is 421 g/mol. The van der Waals surface area contributed by atoms with Gasteiger partial charge in [0.05, 0.1) is 38.1 Å². The number of aromatic nitrogens is 3. The zero-order valence-electron chi connectivity index (χ0n) is 18.7. The molecule has 4 rings (SSSR count). The number of hydrogen-bond donors (Lipinski definition) is 2. The van der Waals surface area contributed by atoms with Crippen molar-refractivity contribution >= 4 is 17.8 Å². The number of anilines is 3. The van der Waals surface area contributed by atoms with Crippen LogP contribution in [0.2, 0.25) is 0 Å². The topological polar surface area (TPSA) is 93.7 Å². The summed E-state index contributed by atoms with van der Waals surface area (Å²) in [6.45, 7) is 13.6. The minimum absolute atomic E-state index is 0.133. The Hall–Kier alpha value is -1.71. The van der Waals surface area contributed by atoms with Gasteiger partial charge in [-0.2, -0.15) is 15.0 Å². The summed E-state index contributed by atoms with van der Waals surface area (Å²) in [6, 6.07) is 0.504. The number of morpholine rings is 1. The van der Waals surface area contributed by atoms with Crippen LogP contribution in [-0.4, -0.2) is 78.8 Å². The maximum atomic E-state index is 5.98. The summed E-state index contributed by atoms with van der Waals surface area (Å²) in [4.78, 5) is 16.3. The average Bonchev–Trinajstić information content (AvgIpc) is 3.10. The summed E-state index contributed by atoms with van der Waals surface area (Å²) >= 11 is 0. The highest BCUT2D eigenvalue weighted by molar-refractivity contribution is 5.45. The van der Waals surface area contributed by atoms with Gasteiger partial charge in [0.1, 0.15) is 0 Å². The maximum Gasteiger partial charge on any atom is 0.232 e. The van der Waals surface area contributed by atoms with Crippen molar-refractivity contribution in [1.29, 1.82) is 0 Å². The maximum absolute atomic E-state index is 5.98. The van der Waals surface area contributed by atoms with Crippen molar-refractivity contribution in [3.63, 3.8) is 0 Å². The molecule has 0 unspecified atom stereocenters. The van der Waals surface area contributed by atoms with Crippen molar-refractivity contribution in [2.24, 2.45) is 11.8 Å². The van der Waals surface area contributed by atoms with E-state index in [1.54, 1.807) is 0 Å². The molecule has 4 atom stereocenters. The van der Waals surface area contributed by atoms with Gasteiger partial charge in [0.25, 0.3) is 0 Å². The first-order valence-electron chi connectivity index (χ1n) is 11.2. The van der Waals surface area contributed by atoms with E-state index in [1.165, 1.54) is 0 Å². The van der Waals surface area contributed by atoms with Crippen molar-refractivity contribution < 1.29 is 14.2 Å². The smallest absolute Gasteiger partial charge is 0.232 e. The van der Waals surface area contributed by atoms with Crippen molar-refractivity contribution in [2.45, 2.75) is 58.2 Å². The Labute approximate surface area is 179 Å². The van der Waals surface area contributed by atoms with Crippen LogP contribution in [0.3, 0.4) is 0 Å². The minimum atomic E-state index is -0.177. The monoisotopic (exact) mass is 420 g/mol. The molecular formula is C21H36N6O3. The van der Waals surface area contributed by atoms with Gasteiger partial charge in [-0.15, -0.1) is 0 Å². The summed E-state index contributed by atoms with van der Waals surface area (Å²) in [7, 11) is 0. The molecule has 3 heterocycles. The lowest BCUT2D eigenvalue weighted by Gasteiger charge is -2.39. The Balaban J connectivity index is 1.49. The summed E-state index contributed by atoms with van der Waals surface area (Å²) in [5, 5.41) is 7.01. The Morgan fingerprint density at radius 2 is 1.87 bits per heavy atom. The van der Waals surface area contributed by atoms with Crippen LogP contribution in [0.1, 0.15) is 40.5 Å². The molecule has 2 aliphatic heterocycles. The Bertz CT molecular complexity index is 706. The number of hydrogen-bond acceptors (Lipinski definition) is 9. The highest BCUT2D eigenvalue weighted by Crippen LogP contribution is 2.40. The summed E-state index contributed by atoms with van der Waals surface area (Å²) in [5.41, 5.74) is -0.177. The third-order valence-electron chi connectivity index (χ3n) is 6.10. The van der Waals surface area contributed by atoms with E-state index in [1.807, 2.05) is 0 Å². The molecule has 0 aromatic carbocycles. The molecular weight excluding hydrogens is 384 g/mol. The number of ether oxygens (including phenoxy) is 3. The highest BCUT2D eigenvalue weighted by Gasteiger charge is 2.45. The standard InChI is InChI=1S/C21H36N6O3/c1-5-15(12-30-21(2,3)4)22-18-24-19(23-17-10-14-11-29-13-16(14)17)26-20(25-18)27-6-8-28-9-7-27/h14-17H,5-13H2,1-4H3,(H2,22,23,24,25,26)/t14-,15+,16+,17-/m1/s1. The van der Waals surface area contributed by atoms with Crippen molar-refractivity contribution in [3.05, 3.63) is 0 Å². The lowest BCUT2D eigenvalue weighted by atomic mass is 9.71. The summed E-state index contributed by atoms with van der Waals surface area (Å²) < 4.78 is 17.1. The summed E-state index contributed by atoms with van der Waals surface area (Å²) in [5.74, 6) is 3.17. The lowest BCUT2D eigenvalue weighted by Crippen LogP contribution is -2.46. The van der Waals surface area contributed by atoms with Gasteiger partial charge in [0.15, 0.2) is 0 Å². The second-order valence-corrected chi connectivity index (χ2v) is 9.50. The molecule has 3 aliphatic rings. The van der Waals surface area contributed by atoms with Gasteiger partial charge in [0.2, 0.25) is 17.8 Å². The molecule has 1 aliphatic carbocycles. The molecule has 9 nitrogen and oxygen atoms in total. The van der Waals surface area contributed by atoms with Crippen LogP contribution in [-0.2, 0) is 14.2 Å². The Morgan fingerprint density at radius 1 is 1.10 bits per heavy atom. The largest absolute Gasteiger partial charge is 0.381 e. The van der Waals surface area contributed by atoms with Gasteiger partial charge in [-0.1, -0.05) is 6.92 Å². The molecule has 0 bridgehead atoms. The van der Waals surface area contributed by atoms with E-state index in [9.17, 15) is 0 Å². The van der Waals surface area contributed by atoms with E-state index in [0.29, 0.717) is 55.5 Å². The van der Waals surface area contributed by atoms with Crippen LogP contribution in [0.25, 0.3) is 0 Å². The molecule has 0 amide bonds. The SMILES string of the molecule is CC[C@@H](COC(C)(C)C)Nc1nc(N[C@@H]2C[C@@H]3COC[C@@H]32)nc(N2CCOCC2)n1. The first-order valence-corrected chi connectivity index (χ1v) is 11.2. The predicted octanol–water partition coefficient (Wildman–Crippen LogP) is 2.16. The van der Waals surface area contributed by atoms with Crippen LogP contribution < -0.4 is 15.5 Å². The number of rotatable bonds is 8. The van der Waals surface area contributed by atoms with Crippen LogP contribution >= 0.6 is 0 Å². The molecule has 0 radical (unpaired) electrons. The zero-order valence-corrected chi connectivity index (χ0v) is 18.7. The molecule has 168 valence electrons. The predicted molar refractivity (Wildman–Crippen MR) is 116 cm³/mol. The van der Waals surface area contributed by atoms with E-state index >= 15 is 0 Å². The Morgan fingerprint density at radius 3 is 2.57 bits per heavy atom. The zero-order chi connectivity index (χ0) is 21.1. The van der Waals surface area contributed by atoms with Gasteiger partial charge in [-0.05, 0) is 39.5 Å². The molecule has 1 saturated carbocycles. The second-order valence-electron chi connectivity index (χ2n) is 9.50. The van der Waals surface area contributed by atoms with E-state index in [2.05, 4.69) is 43.2 Å². The molecule has 30 heavy (non-hydrogen) atoms.